The number of allylic oxidation sites excluding steroid dienone is 1. The van der Waals surface area contributed by atoms with Crippen LogP contribution >= 0.6 is 0 Å². The lowest BCUT2D eigenvalue weighted by Gasteiger charge is -2.07. The molecule has 0 atom stereocenters. The van der Waals surface area contributed by atoms with E-state index >= 15 is 0 Å². The van der Waals surface area contributed by atoms with Gasteiger partial charge >= 0.3 is 0 Å². The van der Waals surface area contributed by atoms with Crippen molar-refractivity contribution in [2.24, 2.45) is 0 Å². The van der Waals surface area contributed by atoms with E-state index in [0.29, 0.717) is 28.4 Å². The van der Waals surface area contributed by atoms with Crippen molar-refractivity contribution >= 4 is 17.5 Å². The Hall–Kier alpha value is -3.35. The molecule has 1 aliphatic heterocycles. The summed E-state index contributed by atoms with van der Waals surface area (Å²) in [5.74, 6) is 0.882. The molecule has 0 radical (unpaired) electrons. The van der Waals surface area contributed by atoms with Gasteiger partial charge in [-0.2, -0.15) is 0 Å². The average Bonchev–Trinajstić information content (AvgIpc) is 2.90. The lowest BCUT2D eigenvalue weighted by atomic mass is 10.1. The Labute approximate surface area is 137 Å². The Morgan fingerprint density at radius 2 is 1.96 bits per heavy atom. The maximum atomic E-state index is 12.6. The first kappa shape index (κ1) is 15.5. The highest BCUT2D eigenvalue weighted by atomic mass is 16.6. The number of nitro benzene ring substituents is 1. The zero-order valence-corrected chi connectivity index (χ0v) is 12.9. The molecule has 0 saturated carbocycles. The van der Waals surface area contributed by atoms with Gasteiger partial charge in [0.05, 0.1) is 19.1 Å². The lowest BCUT2D eigenvalue weighted by molar-refractivity contribution is -0.384. The highest BCUT2D eigenvalue weighted by Crippen LogP contribution is 2.41. The minimum atomic E-state index is -0.498. The van der Waals surface area contributed by atoms with Crippen molar-refractivity contribution in [1.82, 2.24) is 0 Å². The minimum absolute atomic E-state index is 0.0634. The van der Waals surface area contributed by atoms with Gasteiger partial charge in [0.2, 0.25) is 5.78 Å². The monoisotopic (exact) mass is 327 g/mol. The van der Waals surface area contributed by atoms with Crippen molar-refractivity contribution < 1.29 is 23.9 Å². The van der Waals surface area contributed by atoms with Crippen LogP contribution in [0.15, 0.2) is 42.2 Å². The smallest absolute Gasteiger partial charge is 0.270 e. The number of benzene rings is 2. The summed E-state index contributed by atoms with van der Waals surface area (Å²) in [7, 11) is 2.95. The molecule has 7 heteroatoms. The summed E-state index contributed by atoms with van der Waals surface area (Å²) in [6.45, 7) is 0. The number of fused-ring (bicyclic) bond motifs is 1. The second-order valence-corrected chi connectivity index (χ2v) is 4.99. The van der Waals surface area contributed by atoms with E-state index in [1.165, 1.54) is 32.4 Å². The van der Waals surface area contributed by atoms with Gasteiger partial charge in [-0.05, 0) is 11.6 Å². The molecule has 0 spiro atoms. The molecule has 1 heterocycles. The number of Topliss-reactive ketones (excluding diaryl/α,β-unsaturated/α-hetero) is 1. The standard InChI is InChI=1S/C17H13NO6/c1-22-12-8-13(23-2)16-14(9-12)24-15(17(16)19)7-10-4-3-5-11(6-10)18(20)21/h3-9H,1-2H3/b15-7-. The summed E-state index contributed by atoms with van der Waals surface area (Å²) < 4.78 is 16.0. The fraction of sp³-hybridized carbons (Fsp3) is 0.118. The van der Waals surface area contributed by atoms with Crippen LogP contribution in [0.5, 0.6) is 17.2 Å². The van der Waals surface area contributed by atoms with Crippen molar-refractivity contribution in [3.63, 3.8) is 0 Å². The Bertz CT molecular complexity index is 871. The molecule has 122 valence electrons. The highest BCUT2D eigenvalue weighted by Gasteiger charge is 2.32. The van der Waals surface area contributed by atoms with Gasteiger partial charge in [-0.15, -0.1) is 0 Å². The number of hydrogen-bond donors (Lipinski definition) is 0. The maximum absolute atomic E-state index is 12.6. The Kier molecular flexibility index (Phi) is 3.91. The molecule has 1 aliphatic rings. The first-order valence-electron chi connectivity index (χ1n) is 6.98. The lowest BCUT2D eigenvalue weighted by Crippen LogP contribution is -2.00. The number of ketones is 1. The summed E-state index contributed by atoms with van der Waals surface area (Å²) in [5, 5.41) is 10.8. The van der Waals surface area contributed by atoms with Crippen molar-refractivity contribution in [1.29, 1.82) is 0 Å². The van der Waals surface area contributed by atoms with E-state index in [9.17, 15) is 14.9 Å². The molecule has 2 aromatic rings. The maximum Gasteiger partial charge on any atom is 0.270 e. The van der Waals surface area contributed by atoms with Gasteiger partial charge in [-0.25, -0.2) is 0 Å². The van der Waals surface area contributed by atoms with Crippen LogP contribution < -0.4 is 14.2 Å². The third-order valence-electron chi connectivity index (χ3n) is 3.54. The van der Waals surface area contributed by atoms with Crippen molar-refractivity contribution in [3.8, 4) is 17.2 Å². The first-order valence-corrected chi connectivity index (χ1v) is 6.98. The average molecular weight is 327 g/mol. The molecular weight excluding hydrogens is 314 g/mol. The zero-order valence-electron chi connectivity index (χ0n) is 12.9. The van der Waals surface area contributed by atoms with E-state index in [4.69, 9.17) is 14.2 Å². The molecule has 0 unspecified atom stereocenters. The van der Waals surface area contributed by atoms with Crippen LogP contribution in [0.25, 0.3) is 6.08 Å². The van der Waals surface area contributed by atoms with Crippen LogP contribution in [0.3, 0.4) is 0 Å². The van der Waals surface area contributed by atoms with E-state index in [-0.39, 0.29) is 17.2 Å². The number of ether oxygens (including phenoxy) is 3. The Morgan fingerprint density at radius 1 is 1.17 bits per heavy atom. The number of methoxy groups -OCH3 is 2. The summed E-state index contributed by atoms with van der Waals surface area (Å²) in [6, 6.07) is 9.12. The molecule has 2 aromatic carbocycles. The molecule has 0 aromatic heterocycles. The molecular formula is C17H13NO6. The van der Waals surface area contributed by atoms with E-state index in [1.807, 2.05) is 0 Å². The van der Waals surface area contributed by atoms with Crippen LogP contribution in [0.2, 0.25) is 0 Å². The van der Waals surface area contributed by atoms with Gasteiger partial charge in [0.15, 0.2) is 5.76 Å². The van der Waals surface area contributed by atoms with Gasteiger partial charge in [0, 0.05) is 24.3 Å². The largest absolute Gasteiger partial charge is 0.496 e. The van der Waals surface area contributed by atoms with Gasteiger partial charge in [0.1, 0.15) is 22.8 Å². The number of rotatable bonds is 4. The van der Waals surface area contributed by atoms with Crippen molar-refractivity contribution in [2.45, 2.75) is 0 Å². The van der Waals surface area contributed by atoms with Crippen LogP contribution in [0.4, 0.5) is 5.69 Å². The van der Waals surface area contributed by atoms with E-state index in [2.05, 4.69) is 0 Å². The second kappa shape index (κ2) is 6.04. The van der Waals surface area contributed by atoms with Crippen LogP contribution in [0, 0.1) is 10.1 Å². The number of hydrogen-bond acceptors (Lipinski definition) is 6. The molecule has 0 N–H and O–H groups in total. The predicted octanol–water partition coefficient (Wildman–Crippen LogP) is 3.23. The van der Waals surface area contributed by atoms with Gasteiger partial charge in [0.25, 0.3) is 5.69 Å². The summed E-state index contributed by atoms with van der Waals surface area (Å²) >= 11 is 0. The normalized spacial score (nSPS) is 14.2. The minimum Gasteiger partial charge on any atom is -0.496 e. The number of nitro groups is 1. The van der Waals surface area contributed by atoms with Gasteiger partial charge in [-0.1, -0.05) is 12.1 Å². The van der Waals surface area contributed by atoms with Gasteiger partial charge < -0.3 is 14.2 Å². The fourth-order valence-electron chi connectivity index (χ4n) is 2.41. The number of non-ortho nitro benzene ring substituents is 1. The second-order valence-electron chi connectivity index (χ2n) is 4.99. The number of carbonyl (C=O) groups excluding carboxylic acids is 1. The van der Waals surface area contributed by atoms with Crippen molar-refractivity contribution in [3.05, 3.63) is 63.4 Å². The molecule has 24 heavy (non-hydrogen) atoms. The first-order chi connectivity index (χ1) is 11.5. The van der Waals surface area contributed by atoms with Crippen molar-refractivity contribution in [2.75, 3.05) is 14.2 Å². The topological polar surface area (TPSA) is 87.9 Å². The summed E-state index contributed by atoms with van der Waals surface area (Å²) in [6.07, 6.45) is 1.46. The fourth-order valence-corrected chi connectivity index (χ4v) is 2.41. The molecule has 0 amide bonds. The third kappa shape index (κ3) is 2.67. The molecule has 3 rings (SSSR count). The summed E-state index contributed by atoms with van der Waals surface area (Å²) in [4.78, 5) is 22.9. The molecule has 7 nitrogen and oxygen atoms in total. The predicted molar refractivity (Wildman–Crippen MR) is 85.6 cm³/mol. The Morgan fingerprint density at radius 3 is 2.62 bits per heavy atom. The SMILES string of the molecule is COc1cc(OC)c2c(c1)O/C(=C\c1cccc([N+](=O)[O-])c1)C2=O. The highest BCUT2D eigenvalue weighted by molar-refractivity contribution is 6.16. The van der Waals surface area contributed by atoms with Crippen LogP contribution in [-0.2, 0) is 0 Å². The molecule has 0 fully saturated rings. The van der Waals surface area contributed by atoms with Crippen LogP contribution in [-0.4, -0.2) is 24.9 Å². The number of carbonyl (C=O) groups is 1. The van der Waals surface area contributed by atoms with E-state index < -0.39 is 4.92 Å². The number of nitrogens with zero attached hydrogens (tertiary/aromatic N) is 1. The van der Waals surface area contributed by atoms with Gasteiger partial charge in [-0.3, -0.25) is 14.9 Å². The van der Waals surface area contributed by atoms with Crippen LogP contribution in [0.1, 0.15) is 15.9 Å². The molecule has 0 bridgehead atoms. The third-order valence-corrected chi connectivity index (χ3v) is 3.54. The molecule has 0 saturated heterocycles. The Balaban J connectivity index is 2.02. The zero-order chi connectivity index (χ0) is 17.3. The molecule has 0 aliphatic carbocycles. The van der Waals surface area contributed by atoms with E-state index in [1.54, 1.807) is 24.3 Å². The summed E-state index contributed by atoms with van der Waals surface area (Å²) in [5.41, 5.74) is 0.729. The van der Waals surface area contributed by atoms with E-state index in [0.717, 1.165) is 0 Å². The quantitative estimate of drug-likeness (QED) is 0.487.